The molecule has 0 spiro atoms. The number of anilines is 3. The number of carbonyl (C=O) groups is 1. The number of likely N-dealkylation sites (N-methyl/N-ethyl adjacent to an activating group) is 1. The highest BCUT2D eigenvalue weighted by atomic mass is 32.1. The van der Waals surface area contributed by atoms with E-state index in [0.29, 0.717) is 11.4 Å². The van der Waals surface area contributed by atoms with Gasteiger partial charge in [0.1, 0.15) is 5.69 Å². The lowest BCUT2D eigenvalue weighted by atomic mass is 10.1. The van der Waals surface area contributed by atoms with Crippen LogP contribution >= 0.6 is 11.3 Å². The van der Waals surface area contributed by atoms with Gasteiger partial charge in [0.2, 0.25) is 0 Å². The van der Waals surface area contributed by atoms with Crippen molar-refractivity contribution in [2.75, 3.05) is 43.9 Å². The molecule has 1 amide bonds. The van der Waals surface area contributed by atoms with Crippen LogP contribution in [0.4, 0.5) is 17.1 Å². The van der Waals surface area contributed by atoms with Crippen molar-refractivity contribution in [1.82, 2.24) is 25.0 Å². The first-order chi connectivity index (χ1) is 15.7. The third-order valence-electron chi connectivity index (χ3n) is 5.69. The van der Waals surface area contributed by atoms with E-state index in [9.17, 15) is 4.79 Å². The van der Waals surface area contributed by atoms with Crippen molar-refractivity contribution < 1.29 is 4.79 Å². The van der Waals surface area contributed by atoms with Crippen molar-refractivity contribution in [2.24, 2.45) is 0 Å². The van der Waals surface area contributed by atoms with Crippen LogP contribution in [0.2, 0.25) is 0 Å². The van der Waals surface area contributed by atoms with Crippen molar-refractivity contribution in [2.45, 2.75) is 6.54 Å². The van der Waals surface area contributed by atoms with E-state index in [-0.39, 0.29) is 5.91 Å². The van der Waals surface area contributed by atoms with Crippen LogP contribution in [0.3, 0.4) is 0 Å². The zero-order valence-corrected chi connectivity index (χ0v) is 18.7. The van der Waals surface area contributed by atoms with Gasteiger partial charge in [-0.1, -0.05) is 12.1 Å². The summed E-state index contributed by atoms with van der Waals surface area (Å²) in [6.45, 7) is 5.30. The number of H-pyrrole nitrogens is 1. The first-order valence-corrected chi connectivity index (χ1v) is 11.5. The number of piperazine rings is 1. The number of fused-ring (bicyclic) bond motifs is 1. The number of thiophene rings is 1. The summed E-state index contributed by atoms with van der Waals surface area (Å²) in [5.41, 5.74) is 4.82. The van der Waals surface area contributed by atoms with E-state index in [2.05, 4.69) is 54.8 Å². The van der Waals surface area contributed by atoms with Crippen molar-refractivity contribution in [3.8, 4) is 0 Å². The van der Waals surface area contributed by atoms with Crippen LogP contribution in [0, 0.1) is 0 Å². The minimum atomic E-state index is -0.242. The largest absolute Gasteiger partial charge is 0.351 e. The molecule has 9 heteroatoms. The Labute approximate surface area is 190 Å². The molecule has 1 saturated heterocycles. The maximum absolute atomic E-state index is 12.9. The molecular formula is C23H25N7OS. The van der Waals surface area contributed by atoms with Crippen LogP contribution in [0.15, 0.2) is 54.2 Å². The van der Waals surface area contributed by atoms with Crippen molar-refractivity contribution in [1.29, 1.82) is 0 Å². The quantitative estimate of drug-likeness (QED) is 0.417. The van der Waals surface area contributed by atoms with Crippen LogP contribution < -0.4 is 10.6 Å². The van der Waals surface area contributed by atoms with E-state index in [4.69, 9.17) is 0 Å². The smallest absolute Gasteiger partial charge is 0.275 e. The van der Waals surface area contributed by atoms with Gasteiger partial charge in [-0.25, -0.2) is 0 Å². The van der Waals surface area contributed by atoms with E-state index in [1.165, 1.54) is 5.56 Å². The lowest BCUT2D eigenvalue weighted by molar-refractivity contribution is 0.102. The summed E-state index contributed by atoms with van der Waals surface area (Å²) in [4.78, 5) is 22.1. The third-order valence-corrected chi connectivity index (χ3v) is 6.63. The Kier molecular flexibility index (Phi) is 5.85. The lowest BCUT2D eigenvalue weighted by Gasteiger charge is -2.32. The van der Waals surface area contributed by atoms with Crippen LogP contribution in [-0.4, -0.2) is 64.1 Å². The predicted octanol–water partition coefficient (Wildman–Crippen LogP) is 3.76. The molecule has 0 unspecified atom stereocenters. The highest BCUT2D eigenvalue weighted by Gasteiger charge is 2.17. The summed E-state index contributed by atoms with van der Waals surface area (Å²) in [5.74, 6) is -0.242. The van der Waals surface area contributed by atoms with E-state index >= 15 is 0 Å². The minimum Gasteiger partial charge on any atom is -0.351 e. The van der Waals surface area contributed by atoms with Gasteiger partial charge in [-0.3, -0.25) is 19.8 Å². The summed E-state index contributed by atoms with van der Waals surface area (Å²) >= 11 is 1.60. The second kappa shape index (κ2) is 9.07. The first-order valence-electron chi connectivity index (χ1n) is 10.6. The number of pyridine rings is 1. The SMILES string of the molecule is CN1CCN(Cc2ccc(NC(=O)c3[nH]ncc3Nc3ccnc4ccsc34)cc2)CC1. The molecule has 0 saturated carbocycles. The van der Waals surface area contributed by atoms with Crippen LogP contribution in [0.25, 0.3) is 10.2 Å². The molecule has 0 bridgehead atoms. The molecular weight excluding hydrogens is 422 g/mol. The van der Waals surface area contributed by atoms with Gasteiger partial charge >= 0.3 is 0 Å². The fourth-order valence-corrected chi connectivity index (χ4v) is 4.64. The normalized spacial score (nSPS) is 15.2. The first kappa shape index (κ1) is 20.6. The van der Waals surface area contributed by atoms with Crippen molar-refractivity contribution in [3.05, 3.63) is 65.4 Å². The van der Waals surface area contributed by atoms with E-state index in [1.807, 2.05) is 29.6 Å². The number of nitrogens with zero attached hydrogens (tertiary/aromatic N) is 4. The number of hydrogen-bond acceptors (Lipinski definition) is 7. The number of nitrogens with one attached hydrogen (secondary N) is 3. The van der Waals surface area contributed by atoms with Gasteiger partial charge in [0, 0.05) is 44.6 Å². The zero-order chi connectivity index (χ0) is 21.9. The van der Waals surface area contributed by atoms with E-state index in [0.717, 1.165) is 54.3 Å². The second-order valence-electron chi connectivity index (χ2n) is 8.01. The second-order valence-corrected chi connectivity index (χ2v) is 8.92. The molecule has 1 aliphatic heterocycles. The average molecular weight is 448 g/mol. The Hall–Kier alpha value is -3.27. The molecule has 8 nitrogen and oxygen atoms in total. The van der Waals surface area contributed by atoms with Gasteiger partial charge < -0.3 is 15.5 Å². The lowest BCUT2D eigenvalue weighted by Crippen LogP contribution is -2.43. The summed E-state index contributed by atoms with van der Waals surface area (Å²) in [7, 11) is 2.16. The van der Waals surface area contributed by atoms with Gasteiger partial charge in [-0.2, -0.15) is 5.10 Å². The number of carbonyl (C=O) groups excluding carboxylic acids is 1. The zero-order valence-electron chi connectivity index (χ0n) is 17.8. The number of amides is 1. The molecule has 4 aromatic rings. The van der Waals surface area contributed by atoms with Gasteiger partial charge in [0.05, 0.1) is 27.8 Å². The summed E-state index contributed by atoms with van der Waals surface area (Å²) in [6, 6.07) is 11.9. The number of hydrogen-bond donors (Lipinski definition) is 3. The highest BCUT2D eigenvalue weighted by molar-refractivity contribution is 7.17. The van der Waals surface area contributed by atoms with Gasteiger partial charge in [0.25, 0.3) is 5.91 Å². The number of rotatable bonds is 6. The van der Waals surface area contributed by atoms with E-state index < -0.39 is 0 Å². The Balaban J connectivity index is 1.24. The Morgan fingerprint density at radius 3 is 2.72 bits per heavy atom. The van der Waals surface area contributed by atoms with Crippen LogP contribution in [0.1, 0.15) is 16.1 Å². The molecule has 0 atom stereocenters. The standard InChI is InChI=1S/C23H25N7OS/c1-29-9-11-30(12-10-29)15-16-2-4-17(5-3-16)26-23(31)21-20(14-25-28-21)27-19-6-8-24-18-7-13-32-22(18)19/h2-8,13-14H,9-12,15H2,1H3,(H,24,27)(H,25,28)(H,26,31). The Morgan fingerprint density at radius 2 is 1.91 bits per heavy atom. The summed E-state index contributed by atoms with van der Waals surface area (Å²) in [6.07, 6.45) is 3.37. The highest BCUT2D eigenvalue weighted by Crippen LogP contribution is 2.30. The maximum atomic E-state index is 12.9. The molecule has 164 valence electrons. The van der Waals surface area contributed by atoms with Crippen LogP contribution in [-0.2, 0) is 6.54 Å². The predicted molar refractivity (Wildman–Crippen MR) is 129 cm³/mol. The minimum absolute atomic E-state index is 0.242. The molecule has 3 aromatic heterocycles. The molecule has 0 aliphatic carbocycles. The van der Waals surface area contributed by atoms with Gasteiger partial charge in [0.15, 0.2) is 0 Å². The Bertz CT molecular complexity index is 1210. The fourth-order valence-electron chi connectivity index (χ4n) is 3.82. The average Bonchev–Trinajstić information content (AvgIpc) is 3.47. The third kappa shape index (κ3) is 4.50. The molecule has 0 radical (unpaired) electrons. The fraction of sp³-hybridized carbons (Fsp3) is 0.261. The number of benzene rings is 1. The maximum Gasteiger partial charge on any atom is 0.275 e. The number of aromatic nitrogens is 3. The Morgan fingerprint density at radius 1 is 1.09 bits per heavy atom. The topological polar surface area (TPSA) is 89.2 Å². The van der Waals surface area contributed by atoms with Crippen molar-refractivity contribution >= 4 is 44.5 Å². The molecule has 1 fully saturated rings. The van der Waals surface area contributed by atoms with Gasteiger partial charge in [-0.05, 0) is 42.3 Å². The summed E-state index contributed by atoms with van der Waals surface area (Å²) in [5, 5.41) is 15.1. The van der Waals surface area contributed by atoms with E-state index in [1.54, 1.807) is 23.7 Å². The molecule has 1 aliphatic rings. The molecule has 1 aromatic carbocycles. The monoisotopic (exact) mass is 447 g/mol. The molecule has 3 N–H and O–H groups in total. The van der Waals surface area contributed by atoms with Crippen LogP contribution in [0.5, 0.6) is 0 Å². The molecule has 5 rings (SSSR count). The number of aromatic amines is 1. The van der Waals surface area contributed by atoms with Crippen molar-refractivity contribution in [3.63, 3.8) is 0 Å². The summed E-state index contributed by atoms with van der Waals surface area (Å²) < 4.78 is 1.04. The molecule has 32 heavy (non-hydrogen) atoms. The molecule has 4 heterocycles. The van der Waals surface area contributed by atoms with Gasteiger partial charge in [-0.15, -0.1) is 11.3 Å².